The largest absolute Gasteiger partial charge is 0.480 e. The number of hydrogen-bond donors (Lipinski definition) is 0. The monoisotopic (exact) mass is 339 g/mol. The van der Waals surface area contributed by atoms with Gasteiger partial charge < -0.3 is 9.64 Å². The highest BCUT2D eigenvalue weighted by atomic mass is 35.5. The number of nitrogens with zero attached hydrogens (tertiary/aromatic N) is 1. The molecule has 0 spiro atoms. The second kappa shape index (κ2) is 6.33. The Labute approximate surface area is 146 Å². The number of rotatable bonds is 2. The average Bonchev–Trinajstić information content (AvgIpc) is 3.05. The number of carbonyl (C=O) groups excluding carboxylic acids is 1. The maximum atomic E-state index is 12.7. The molecule has 2 aromatic rings. The lowest BCUT2D eigenvalue weighted by Gasteiger charge is -2.28. The first kappa shape index (κ1) is 15.3. The second-order valence-electron chi connectivity index (χ2n) is 6.19. The Morgan fingerprint density at radius 2 is 2.00 bits per heavy atom. The van der Waals surface area contributed by atoms with E-state index in [-0.39, 0.29) is 5.91 Å². The van der Waals surface area contributed by atoms with Crippen LogP contribution in [0.15, 0.2) is 54.6 Å². The Morgan fingerprint density at radius 3 is 2.75 bits per heavy atom. The predicted molar refractivity (Wildman–Crippen MR) is 95.2 cm³/mol. The van der Waals surface area contributed by atoms with E-state index in [1.54, 1.807) is 6.07 Å². The van der Waals surface area contributed by atoms with Crippen LogP contribution in [0.2, 0.25) is 5.02 Å². The molecule has 0 fully saturated rings. The third-order valence-electron chi connectivity index (χ3n) is 4.64. The van der Waals surface area contributed by atoms with Crippen molar-refractivity contribution in [3.05, 3.63) is 70.8 Å². The summed E-state index contributed by atoms with van der Waals surface area (Å²) >= 11 is 6.01. The minimum absolute atomic E-state index is 0.0608. The smallest absolute Gasteiger partial charge is 0.264 e. The van der Waals surface area contributed by atoms with Crippen LogP contribution in [0.3, 0.4) is 0 Å². The van der Waals surface area contributed by atoms with E-state index < -0.39 is 6.10 Å². The first-order valence-corrected chi connectivity index (χ1v) is 8.57. The molecule has 1 atom stereocenters. The number of fused-ring (bicyclic) bond motifs is 1. The molecule has 2 aliphatic heterocycles. The van der Waals surface area contributed by atoms with Gasteiger partial charge in [-0.25, -0.2) is 0 Å². The molecule has 0 saturated carbocycles. The lowest BCUT2D eigenvalue weighted by atomic mass is 9.99. The number of carbonyl (C=O) groups is 1. The summed E-state index contributed by atoms with van der Waals surface area (Å²) in [4.78, 5) is 14.6. The van der Waals surface area contributed by atoms with Crippen LogP contribution in [-0.2, 0) is 11.2 Å². The number of halogens is 1. The van der Waals surface area contributed by atoms with Crippen molar-refractivity contribution in [2.45, 2.75) is 18.9 Å². The first-order valence-electron chi connectivity index (χ1n) is 8.19. The molecule has 0 radical (unpaired) electrons. The van der Waals surface area contributed by atoms with E-state index in [9.17, 15) is 4.79 Å². The first-order chi connectivity index (χ1) is 11.7. The molecule has 0 saturated heterocycles. The van der Waals surface area contributed by atoms with Crippen LogP contribution in [0.25, 0.3) is 5.57 Å². The summed E-state index contributed by atoms with van der Waals surface area (Å²) in [6.07, 6.45) is 3.20. The molecule has 2 aromatic carbocycles. The highest BCUT2D eigenvalue weighted by Gasteiger charge is 2.33. The summed E-state index contributed by atoms with van der Waals surface area (Å²) in [5, 5.41) is 0.679. The predicted octanol–water partition coefficient (Wildman–Crippen LogP) is 3.96. The van der Waals surface area contributed by atoms with E-state index in [0.29, 0.717) is 18.0 Å². The number of benzene rings is 2. The maximum Gasteiger partial charge on any atom is 0.264 e. The molecule has 2 aliphatic rings. The molecule has 24 heavy (non-hydrogen) atoms. The molecule has 122 valence electrons. The molecule has 0 aromatic heterocycles. The molecule has 3 nitrogen and oxygen atoms in total. The van der Waals surface area contributed by atoms with E-state index in [0.717, 1.165) is 24.3 Å². The van der Waals surface area contributed by atoms with Crippen LogP contribution in [0.4, 0.5) is 0 Å². The van der Waals surface area contributed by atoms with Crippen LogP contribution in [-0.4, -0.2) is 30.0 Å². The van der Waals surface area contributed by atoms with Gasteiger partial charge in [0, 0.05) is 24.5 Å². The van der Waals surface area contributed by atoms with Crippen molar-refractivity contribution >= 4 is 23.1 Å². The fourth-order valence-electron chi connectivity index (χ4n) is 3.34. The Kier molecular flexibility index (Phi) is 4.03. The van der Waals surface area contributed by atoms with E-state index in [1.807, 2.05) is 35.2 Å². The van der Waals surface area contributed by atoms with E-state index in [2.05, 4.69) is 18.2 Å². The number of amides is 1. The van der Waals surface area contributed by atoms with Crippen LogP contribution in [0.5, 0.6) is 5.75 Å². The highest BCUT2D eigenvalue weighted by Crippen LogP contribution is 2.32. The Balaban J connectivity index is 1.43. The van der Waals surface area contributed by atoms with Crippen LogP contribution in [0, 0.1) is 0 Å². The maximum absolute atomic E-state index is 12.7. The third kappa shape index (κ3) is 2.92. The lowest BCUT2D eigenvalue weighted by molar-refractivity contribution is -0.137. The zero-order valence-corrected chi connectivity index (χ0v) is 14.0. The fourth-order valence-corrected chi connectivity index (χ4v) is 3.54. The summed E-state index contributed by atoms with van der Waals surface area (Å²) in [6, 6.07) is 15.9. The van der Waals surface area contributed by atoms with Crippen LogP contribution in [0.1, 0.15) is 17.5 Å². The van der Waals surface area contributed by atoms with Gasteiger partial charge in [0.25, 0.3) is 5.91 Å². The van der Waals surface area contributed by atoms with Gasteiger partial charge in [-0.1, -0.05) is 48.0 Å². The zero-order chi connectivity index (χ0) is 16.5. The Morgan fingerprint density at radius 1 is 1.17 bits per heavy atom. The van der Waals surface area contributed by atoms with E-state index in [4.69, 9.17) is 16.3 Å². The van der Waals surface area contributed by atoms with Gasteiger partial charge in [0.2, 0.25) is 0 Å². The Bertz CT molecular complexity index is 801. The normalized spacial score (nSPS) is 19.5. The van der Waals surface area contributed by atoms with Crippen molar-refractivity contribution < 1.29 is 9.53 Å². The molecular weight excluding hydrogens is 322 g/mol. The summed E-state index contributed by atoms with van der Waals surface area (Å²) in [6.45, 7) is 1.37. The molecule has 0 bridgehead atoms. The summed E-state index contributed by atoms with van der Waals surface area (Å²) < 4.78 is 5.82. The van der Waals surface area contributed by atoms with Gasteiger partial charge in [0.15, 0.2) is 6.10 Å². The van der Waals surface area contributed by atoms with Gasteiger partial charge in [-0.05, 0) is 41.3 Å². The van der Waals surface area contributed by atoms with Gasteiger partial charge in [-0.15, -0.1) is 0 Å². The van der Waals surface area contributed by atoms with Gasteiger partial charge >= 0.3 is 0 Å². The van der Waals surface area contributed by atoms with Crippen molar-refractivity contribution in [3.8, 4) is 5.75 Å². The van der Waals surface area contributed by atoms with E-state index >= 15 is 0 Å². The van der Waals surface area contributed by atoms with Gasteiger partial charge in [-0.3, -0.25) is 4.79 Å². The summed E-state index contributed by atoms with van der Waals surface area (Å²) in [5.41, 5.74) is 3.56. The van der Waals surface area contributed by atoms with E-state index in [1.165, 1.54) is 11.1 Å². The van der Waals surface area contributed by atoms with Crippen molar-refractivity contribution in [2.24, 2.45) is 0 Å². The summed E-state index contributed by atoms with van der Waals surface area (Å²) in [7, 11) is 0. The molecule has 0 N–H and O–H groups in total. The molecule has 2 heterocycles. The van der Waals surface area contributed by atoms with Crippen molar-refractivity contribution in [3.63, 3.8) is 0 Å². The minimum atomic E-state index is -0.426. The number of hydrogen-bond acceptors (Lipinski definition) is 2. The Hall–Kier alpha value is -2.26. The third-order valence-corrected chi connectivity index (χ3v) is 4.87. The highest BCUT2D eigenvalue weighted by molar-refractivity contribution is 6.30. The second-order valence-corrected chi connectivity index (χ2v) is 6.63. The lowest BCUT2D eigenvalue weighted by Crippen LogP contribution is -2.43. The quantitative estimate of drug-likeness (QED) is 0.828. The molecule has 0 aliphatic carbocycles. The zero-order valence-electron chi connectivity index (χ0n) is 13.2. The number of ether oxygens (including phenoxy) is 1. The molecule has 0 unspecified atom stereocenters. The van der Waals surface area contributed by atoms with Crippen molar-refractivity contribution in [1.82, 2.24) is 4.90 Å². The SMILES string of the molecule is O=C([C@H]1Cc2cc(Cl)ccc2O1)N1CC=C(c2ccccc2)CC1. The molecule has 1 amide bonds. The van der Waals surface area contributed by atoms with Crippen molar-refractivity contribution in [2.75, 3.05) is 13.1 Å². The van der Waals surface area contributed by atoms with Gasteiger partial charge in [-0.2, -0.15) is 0 Å². The van der Waals surface area contributed by atoms with Crippen molar-refractivity contribution in [1.29, 1.82) is 0 Å². The van der Waals surface area contributed by atoms with Crippen LogP contribution >= 0.6 is 11.6 Å². The summed E-state index contributed by atoms with van der Waals surface area (Å²) in [5.74, 6) is 0.834. The van der Waals surface area contributed by atoms with Gasteiger partial charge in [0.1, 0.15) is 5.75 Å². The topological polar surface area (TPSA) is 29.5 Å². The minimum Gasteiger partial charge on any atom is -0.480 e. The molecule has 4 rings (SSSR count). The van der Waals surface area contributed by atoms with Gasteiger partial charge in [0.05, 0.1) is 0 Å². The average molecular weight is 340 g/mol. The fraction of sp³-hybridized carbons (Fsp3) is 0.250. The molecule has 4 heteroatoms. The van der Waals surface area contributed by atoms with Crippen LogP contribution < -0.4 is 4.74 Å². The molecular formula is C20H18ClNO2. The standard InChI is InChI=1S/C20H18ClNO2/c21-17-6-7-18-16(12-17)13-19(24-18)20(23)22-10-8-15(9-11-22)14-4-2-1-3-5-14/h1-8,12,19H,9-11,13H2/t19-/m1/s1.